The maximum Gasteiger partial charge on any atom is 0.407 e. The van der Waals surface area contributed by atoms with Gasteiger partial charge in [-0.3, -0.25) is 0 Å². The van der Waals surface area contributed by atoms with Crippen LogP contribution in [-0.4, -0.2) is 28.7 Å². The second-order valence-corrected chi connectivity index (χ2v) is 3.27. The van der Waals surface area contributed by atoms with Crippen LogP contribution in [0.15, 0.2) is 0 Å². The number of hydrogen-bond donors (Lipinski definition) is 1. The molecular weight excluding hydrogens is 130 g/mol. The van der Waals surface area contributed by atoms with Gasteiger partial charge in [0.25, 0.3) is 0 Å². The molecule has 0 aromatic carbocycles. The van der Waals surface area contributed by atoms with Crippen LogP contribution in [0.3, 0.4) is 0 Å². The molecule has 1 aliphatic heterocycles. The maximum atomic E-state index is 10.5. The summed E-state index contributed by atoms with van der Waals surface area (Å²) in [6.45, 7) is 0.792. The molecule has 3 heteroatoms. The highest BCUT2D eigenvalue weighted by Crippen LogP contribution is 2.36. The van der Waals surface area contributed by atoms with Crippen LogP contribution >= 0.6 is 0 Å². The molecule has 0 aromatic rings. The summed E-state index contributed by atoms with van der Waals surface area (Å²) in [5, 5.41) is 8.66. The van der Waals surface area contributed by atoms with Gasteiger partial charge in [0.15, 0.2) is 0 Å². The van der Waals surface area contributed by atoms with Crippen molar-refractivity contribution in [3.63, 3.8) is 0 Å². The Morgan fingerprint density at radius 2 is 2.30 bits per heavy atom. The molecule has 0 radical (unpaired) electrons. The standard InChI is InChI=1S/C7H11NO2/c9-7(10)8-4-5-1-2-6(8)3-5/h5-6H,1-4H2,(H,9,10)/t5?,6-/m1/s1. The smallest absolute Gasteiger partial charge is 0.407 e. The monoisotopic (exact) mass is 141 g/mol. The van der Waals surface area contributed by atoms with E-state index in [-0.39, 0.29) is 0 Å². The van der Waals surface area contributed by atoms with Crippen LogP contribution in [0.5, 0.6) is 0 Å². The van der Waals surface area contributed by atoms with E-state index >= 15 is 0 Å². The Labute approximate surface area is 59.6 Å². The summed E-state index contributed by atoms with van der Waals surface area (Å²) < 4.78 is 0. The summed E-state index contributed by atoms with van der Waals surface area (Å²) >= 11 is 0. The molecule has 0 spiro atoms. The Hall–Kier alpha value is -0.730. The molecule has 1 saturated heterocycles. The first-order valence-electron chi connectivity index (χ1n) is 3.77. The fourth-order valence-electron chi connectivity index (χ4n) is 2.16. The van der Waals surface area contributed by atoms with E-state index in [1.807, 2.05) is 0 Å². The quantitative estimate of drug-likeness (QED) is 0.549. The van der Waals surface area contributed by atoms with Gasteiger partial charge in [-0.15, -0.1) is 0 Å². The van der Waals surface area contributed by atoms with E-state index in [1.165, 1.54) is 6.42 Å². The van der Waals surface area contributed by atoms with Gasteiger partial charge in [-0.05, 0) is 25.2 Å². The summed E-state index contributed by atoms with van der Waals surface area (Å²) in [4.78, 5) is 12.1. The molecule has 1 heterocycles. The number of amides is 1. The third kappa shape index (κ3) is 0.696. The van der Waals surface area contributed by atoms with Crippen molar-refractivity contribution >= 4 is 6.09 Å². The number of hydrogen-bond acceptors (Lipinski definition) is 1. The average Bonchev–Trinajstić information content (AvgIpc) is 2.44. The Morgan fingerprint density at radius 1 is 1.50 bits per heavy atom. The van der Waals surface area contributed by atoms with E-state index in [2.05, 4.69) is 0 Å². The Kier molecular flexibility index (Phi) is 1.13. The number of nitrogens with zero attached hydrogens (tertiary/aromatic N) is 1. The highest BCUT2D eigenvalue weighted by atomic mass is 16.4. The van der Waals surface area contributed by atoms with Crippen LogP contribution in [-0.2, 0) is 0 Å². The highest BCUT2D eigenvalue weighted by molar-refractivity contribution is 5.66. The molecule has 1 unspecified atom stereocenters. The van der Waals surface area contributed by atoms with Crippen LogP contribution in [0.4, 0.5) is 4.79 Å². The van der Waals surface area contributed by atoms with Gasteiger partial charge in [0.1, 0.15) is 0 Å². The van der Waals surface area contributed by atoms with Gasteiger partial charge < -0.3 is 10.0 Å². The molecule has 0 aromatic heterocycles. The first-order chi connectivity index (χ1) is 4.77. The number of likely N-dealkylation sites (tertiary alicyclic amines) is 1. The van der Waals surface area contributed by atoms with Crippen LogP contribution in [0.25, 0.3) is 0 Å². The summed E-state index contributed by atoms with van der Waals surface area (Å²) in [6, 6.07) is 0.363. The summed E-state index contributed by atoms with van der Waals surface area (Å²) in [6.07, 6.45) is 2.73. The Bertz CT molecular complexity index is 169. The Balaban J connectivity index is 2.08. The summed E-state index contributed by atoms with van der Waals surface area (Å²) in [5.74, 6) is 0.682. The first kappa shape index (κ1) is 6.01. The molecule has 1 saturated carbocycles. The van der Waals surface area contributed by atoms with Gasteiger partial charge in [-0.25, -0.2) is 4.79 Å². The van der Waals surface area contributed by atoms with Gasteiger partial charge >= 0.3 is 6.09 Å². The zero-order valence-electron chi connectivity index (χ0n) is 5.79. The number of piperidine rings is 1. The van der Waals surface area contributed by atoms with Crippen molar-refractivity contribution in [2.45, 2.75) is 25.3 Å². The van der Waals surface area contributed by atoms with Gasteiger partial charge in [0.05, 0.1) is 0 Å². The van der Waals surface area contributed by atoms with Crippen LogP contribution < -0.4 is 0 Å². The minimum absolute atomic E-state index is 0.363. The Morgan fingerprint density at radius 3 is 2.60 bits per heavy atom. The van der Waals surface area contributed by atoms with Gasteiger partial charge in [0.2, 0.25) is 0 Å². The lowest BCUT2D eigenvalue weighted by Gasteiger charge is -2.23. The lowest BCUT2D eigenvalue weighted by molar-refractivity contribution is 0.130. The zero-order valence-corrected chi connectivity index (χ0v) is 5.79. The molecule has 10 heavy (non-hydrogen) atoms. The lowest BCUT2D eigenvalue weighted by Crippen LogP contribution is -2.36. The SMILES string of the molecule is O=C(O)N1CC2CC[C@@H]1C2. The molecule has 2 bridgehead atoms. The molecule has 3 nitrogen and oxygen atoms in total. The molecule has 2 atom stereocenters. The van der Waals surface area contributed by atoms with Crippen LogP contribution in [0.2, 0.25) is 0 Å². The maximum absolute atomic E-state index is 10.5. The molecular formula is C7H11NO2. The van der Waals surface area contributed by atoms with Crippen molar-refractivity contribution in [1.29, 1.82) is 0 Å². The minimum atomic E-state index is -0.729. The van der Waals surface area contributed by atoms with Gasteiger partial charge in [0, 0.05) is 12.6 Å². The fraction of sp³-hybridized carbons (Fsp3) is 0.857. The van der Waals surface area contributed by atoms with Crippen molar-refractivity contribution in [3.05, 3.63) is 0 Å². The third-order valence-corrected chi connectivity index (χ3v) is 2.65. The van der Waals surface area contributed by atoms with Crippen molar-refractivity contribution in [2.75, 3.05) is 6.54 Å². The van der Waals surface area contributed by atoms with E-state index in [1.54, 1.807) is 4.90 Å². The molecule has 2 rings (SSSR count). The van der Waals surface area contributed by atoms with Gasteiger partial charge in [-0.2, -0.15) is 0 Å². The average molecular weight is 141 g/mol. The van der Waals surface area contributed by atoms with E-state index < -0.39 is 6.09 Å². The largest absolute Gasteiger partial charge is 0.465 e. The molecule has 56 valence electrons. The molecule has 1 aliphatic carbocycles. The summed E-state index contributed by atoms with van der Waals surface area (Å²) in [7, 11) is 0. The fourth-order valence-corrected chi connectivity index (χ4v) is 2.16. The van der Waals surface area contributed by atoms with Crippen molar-refractivity contribution in [2.24, 2.45) is 5.92 Å². The number of rotatable bonds is 0. The number of fused-ring (bicyclic) bond motifs is 2. The predicted octanol–water partition coefficient (Wildman–Crippen LogP) is 1.15. The first-order valence-corrected chi connectivity index (χ1v) is 3.77. The highest BCUT2D eigenvalue weighted by Gasteiger charge is 2.40. The lowest BCUT2D eigenvalue weighted by atomic mass is 10.1. The minimum Gasteiger partial charge on any atom is -0.465 e. The second kappa shape index (κ2) is 1.87. The van der Waals surface area contributed by atoms with Gasteiger partial charge in [-0.1, -0.05) is 0 Å². The van der Waals surface area contributed by atoms with E-state index in [0.29, 0.717) is 12.0 Å². The van der Waals surface area contributed by atoms with Crippen LogP contribution in [0, 0.1) is 5.92 Å². The molecule has 2 aliphatic rings. The van der Waals surface area contributed by atoms with E-state index in [9.17, 15) is 4.79 Å². The second-order valence-electron chi connectivity index (χ2n) is 3.27. The summed E-state index contributed by atoms with van der Waals surface area (Å²) in [5.41, 5.74) is 0. The number of carbonyl (C=O) groups is 1. The molecule has 2 fully saturated rings. The van der Waals surface area contributed by atoms with Crippen LogP contribution in [0.1, 0.15) is 19.3 Å². The molecule has 1 amide bonds. The van der Waals surface area contributed by atoms with Crippen molar-refractivity contribution in [3.8, 4) is 0 Å². The van der Waals surface area contributed by atoms with Crippen molar-refractivity contribution < 1.29 is 9.90 Å². The van der Waals surface area contributed by atoms with E-state index in [4.69, 9.17) is 5.11 Å². The van der Waals surface area contributed by atoms with Crippen molar-refractivity contribution in [1.82, 2.24) is 4.90 Å². The molecule has 1 N–H and O–H groups in total. The normalized spacial score (nSPS) is 37.0. The van der Waals surface area contributed by atoms with E-state index in [0.717, 1.165) is 19.4 Å². The topological polar surface area (TPSA) is 40.5 Å². The zero-order chi connectivity index (χ0) is 7.14. The number of carboxylic acid groups (broad SMARTS) is 1. The predicted molar refractivity (Wildman–Crippen MR) is 35.9 cm³/mol. The third-order valence-electron chi connectivity index (χ3n) is 2.65.